The van der Waals surface area contributed by atoms with E-state index in [1.165, 1.54) is 13.2 Å². The molecule has 0 fully saturated rings. The number of hydrogen-bond acceptors (Lipinski definition) is 6. The number of methoxy groups -OCH3 is 1. The summed E-state index contributed by atoms with van der Waals surface area (Å²) in [6, 6.07) is 4.72. The second kappa shape index (κ2) is 9.47. The van der Waals surface area contributed by atoms with Gasteiger partial charge in [0, 0.05) is 23.2 Å². The number of amides is 1. The third-order valence-corrected chi connectivity index (χ3v) is 5.38. The van der Waals surface area contributed by atoms with Crippen LogP contribution in [0.2, 0.25) is 0 Å². The SMILES string of the molecule is COC(=O)C[C@@H]1COc2cc(N(Cc3ccc(C(F)(F)F)c(O)c3C=O)C(=O)C(F)(F)F)ccc21. The van der Waals surface area contributed by atoms with Gasteiger partial charge >= 0.3 is 24.2 Å². The number of alkyl halides is 6. The Labute approximate surface area is 193 Å². The van der Waals surface area contributed by atoms with Crippen molar-refractivity contribution in [3.63, 3.8) is 0 Å². The van der Waals surface area contributed by atoms with Gasteiger partial charge in [-0.1, -0.05) is 12.1 Å². The van der Waals surface area contributed by atoms with Gasteiger partial charge in [-0.2, -0.15) is 26.3 Å². The Morgan fingerprint density at radius 2 is 1.86 bits per heavy atom. The smallest absolute Gasteiger partial charge is 0.471 e. The highest BCUT2D eigenvalue weighted by molar-refractivity contribution is 5.98. The number of esters is 1. The minimum Gasteiger partial charge on any atom is -0.507 e. The molecule has 0 unspecified atom stereocenters. The lowest BCUT2D eigenvalue weighted by atomic mass is 9.97. The molecule has 0 aliphatic carbocycles. The molecule has 1 aliphatic heterocycles. The predicted octanol–water partition coefficient (Wildman–Crippen LogP) is 4.36. The third-order valence-electron chi connectivity index (χ3n) is 5.38. The number of phenols is 1. The molecule has 188 valence electrons. The summed E-state index contributed by atoms with van der Waals surface area (Å²) in [6.07, 6.45) is -10.6. The van der Waals surface area contributed by atoms with Crippen molar-refractivity contribution < 1.29 is 55.3 Å². The van der Waals surface area contributed by atoms with Gasteiger partial charge < -0.3 is 19.5 Å². The molecule has 1 N–H and O–H groups in total. The lowest BCUT2D eigenvalue weighted by Crippen LogP contribution is -2.41. The summed E-state index contributed by atoms with van der Waals surface area (Å²) in [5, 5.41) is 9.90. The van der Waals surface area contributed by atoms with Crippen molar-refractivity contribution in [3.05, 3.63) is 52.6 Å². The van der Waals surface area contributed by atoms with E-state index in [4.69, 9.17) is 4.74 Å². The summed E-state index contributed by atoms with van der Waals surface area (Å²) in [5.41, 5.74) is -2.76. The van der Waals surface area contributed by atoms with Crippen LogP contribution in [0.15, 0.2) is 30.3 Å². The zero-order chi connectivity index (χ0) is 26.1. The number of nitrogens with zero attached hydrogens (tertiary/aromatic N) is 1. The first-order valence-electron chi connectivity index (χ1n) is 9.87. The largest absolute Gasteiger partial charge is 0.507 e. The fourth-order valence-electron chi connectivity index (χ4n) is 3.64. The molecule has 0 radical (unpaired) electrons. The van der Waals surface area contributed by atoms with E-state index in [0.717, 1.165) is 12.1 Å². The van der Waals surface area contributed by atoms with E-state index >= 15 is 0 Å². The molecule has 13 heteroatoms. The van der Waals surface area contributed by atoms with Crippen molar-refractivity contribution in [2.75, 3.05) is 18.6 Å². The summed E-state index contributed by atoms with van der Waals surface area (Å²) in [4.78, 5) is 35.4. The highest BCUT2D eigenvalue weighted by atomic mass is 19.4. The molecule has 1 amide bonds. The number of fused-ring (bicyclic) bond motifs is 1. The first kappa shape index (κ1) is 25.8. The fraction of sp³-hybridized carbons (Fsp3) is 0.318. The molecule has 0 spiro atoms. The summed E-state index contributed by atoms with van der Waals surface area (Å²) in [6.45, 7) is -0.953. The highest BCUT2D eigenvalue weighted by Gasteiger charge is 2.44. The second-order valence-electron chi connectivity index (χ2n) is 7.55. The van der Waals surface area contributed by atoms with E-state index in [-0.39, 0.29) is 35.7 Å². The first-order chi connectivity index (χ1) is 16.3. The minimum atomic E-state index is -5.37. The van der Waals surface area contributed by atoms with Gasteiger partial charge in [-0.3, -0.25) is 14.4 Å². The molecule has 0 aromatic heterocycles. The van der Waals surface area contributed by atoms with Gasteiger partial charge in [0.25, 0.3) is 0 Å². The Kier molecular flexibility index (Phi) is 6.99. The van der Waals surface area contributed by atoms with Gasteiger partial charge in [-0.15, -0.1) is 0 Å². The van der Waals surface area contributed by atoms with Crippen LogP contribution in [0.4, 0.5) is 32.0 Å². The molecule has 0 saturated heterocycles. The van der Waals surface area contributed by atoms with Gasteiger partial charge in [0.1, 0.15) is 11.5 Å². The van der Waals surface area contributed by atoms with E-state index in [9.17, 15) is 45.8 Å². The Hall–Kier alpha value is -3.77. The second-order valence-corrected chi connectivity index (χ2v) is 7.55. The number of carbonyl (C=O) groups excluding carboxylic acids is 3. The molecule has 2 aromatic rings. The lowest BCUT2D eigenvalue weighted by molar-refractivity contribution is -0.170. The topological polar surface area (TPSA) is 93.1 Å². The molecule has 1 heterocycles. The van der Waals surface area contributed by atoms with E-state index in [0.29, 0.717) is 17.7 Å². The number of anilines is 1. The zero-order valence-electron chi connectivity index (χ0n) is 17.9. The van der Waals surface area contributed by atoms with Crippen LogP contribution in [0, 0.1) is 0 Å². The Bertz CT molecular complexity index is 1160. The van der Waals surface area contributed by atoms with Crippen molar-refractivity contribution in [1.82, 2.24) is 0 Å². The zero-order valence-corrected chi connectivity index (χ0v) is 17.9. The molecule has 1 aliphatic rings. The van der Waals surface area contributed by atoms with Crippen molar-refractivity contribution in [2.45, 2.75) is 31.2 Å². The van der Waals surface area contributed by atoms with Crippen LogP contribution in [0.1, 0.15) is 39.4 Å². The number of hydrogen-bond donors (Lipinski definition) is 1. The Morgan fingerprint density at radius 3 is 2.43 bits per heavy atom. The number of phenolic OH excluding ortho intramolecular Hbond substituents is 1. The molecule has 3 rings (SSSR count). The van der Waals surface area contributed by atoms with Crippen LogP contribution in [0.3, 0.4) is 0 Å². The first-order valence-corrected chi connectivity index (χ1v) is 9.87. The normalized spacial score (nSPS) is 15.2. The lowest BCUT2D eigenvalue weighted by Gasteiger charge is -2.25. The fourth-order valence-corrected chi connectivity index (χ4v) is 3.64. The summed E-state index contributed by atoms with van der Waals surface area (Å²) in [5.74, 6) is -4.70. The van der Waals surface area contributed by atoms with Crippen LogP contribution in [-0.2, 0) is 27.0 Å². The Balaban J connectivity index is 2.03. The summed E-state index contributed by atoms with van der Waals surface area (Å²) < 4.78 is 89.2. The standard InChI is InChI=1S/C22H17F6NO6/c1-34-18(31)6-12-10-35-17-7-13(3-4-14(12)17)29(20(33)22(26,27)28)8-11-2-5-16(21(23,24)25)19(32)15(11)9-30/h2-5,7,9,12,32H,6,8,10H2,1H3/t12-/m1/s1. The highest BCUT2D eigenvalue weighted by Crippen LogP contribution is 2.41. The van der Waals surface area contributed by atoms with Crippen LogP contribution < -0.4 is 9.64 Å². The van der Waals surface area contributed by atoms with E-state index in [2.05, 4.69) is 4.74 Å². The molecule has 0 bridgehead atoms. The molecular weight excluding hydrogens is 488 g/mol. The number of benzene rings is 2. The van der Waals surface area contributed by atoms with Gasteiger partial charge in [0.15, 0.2) is 6.29 Å². The van der Waals surface area contributed by atoms with Crippen molar-refractivity contribution >= 4 is 23.9 Å². The quantitative estimate of drug-likeness (QED) is 0.357. The van der Waals surface area contributed by atoms with Gasteiger partial charge in [-0.05, 0) is 17.7 Å². The van der Waals surface area contributed by atoms with Gasteiger partial charge in [0.2, 0.25) is 0 Å². The molecule has 1 atom stereocenters. The van der Waals surface area contributed by atoms with E-state index < -0.39 is 59.1 Å². The Morgan fingerprint density at radius 1 is 1.17 bits per heavy atom. The van der Waals surface area contributed by atoms with Crippen molar-refractivity contribution in [3.8, 4) is 11.5 Å². The van der Waals surface area contributed by atoms with Crippen LogP contribution >= 0.6 is 0 Å². The minimum absolute atomic E-state index is 0.0309. The summed E-state index contributed by atoms with van der Waals surface area (Å²) >= 11 is 0. The average Bonchev–Trinajstić information content (AvgIpc) is 3.17. The molecule has 7 nitrogen and oxygen atoms in total. The number of halogens is 6. The van der Waals surface area contributed by atoms with Gasteiger partial charge in [0.05, 0.1) is 37.8 Å². The average molecular weight is 505 g/mol. The number of carbonyl (C=O) groups is 3. The van der Waals surface area contributed by atoms with Crippen LogP contribution in [0.5, 0.6) is 11.5 Å². The van der Waals surface area contributed by atoms with E-state index in [1.54, 1.807) is 0 Å². The van der Waals surface area contributed by atoms with Crippen molar-refractivity contribution in [2.24, 2.45) is 0 Å². The third kappa shape index (κ3) is 5.33. The summed E-state index contributed by atoms with van der Waals surface area (Å²) in [7, 11) is 1.19. The predicted molar refractivity (Wildman–Crippen MR) is 107 cm³/mol. The molecule has 35 heavy (non-hydrogen) atoms. The van der Waals surface area contributed by atoms with Crippen molar-refractivity contribution in [1.29, 1.82) is 0 Å². The number of aldehydes is 1. The molecule has 0 saturated carbocycles. The maximum Gasteiger partial charge on any atom is 0.471 e. The van der Waals surface area contributed by atoms with Crippen LogP contribution in [0.25, 0.3) is 0 Å². The maximum atomic E-state index is 13.3. The monoisotopic (exact) mass is 505 g/mol. The van der Waals surface area contributed by atoms with Gasteiger partial charge in [-0.25, -0.2) is 0 Å². The van der Waals surface area contributed by atoms with Crippen LogP contribution in [-0.4, -0.2) is 43.2 Å². The molecular formula is C22H17F6NO6. The maximum absolute atomic E-state index is 13.3. The number of rotatable bonds is 6. The van der Waals surface area contributed by atoms with E-state index in [1.807, 2.05) is 0 Å². The number of ether oxygens (including phenoxy) is 2. The number of aromatic hydroxyl groups is 1. The molecule has 2 aromatic carbocycles.